The van der Waals surface area contributed by atoms with Crippen LogP contribution < -0.4 is 0 Å². The number of fused-ring (bicyclic) bond motifs is 1. The van der Waals surface area contributed by atoms with Gasteiger partial charge in [0.25, 0.3) is 0 Å². The molecule has 4 heteroatoms. The van der Waals surface area contributed by atoms with Crippen molar-refractivity contribution >= 4 is 5.65 Å². The van der Waals surface area contributed by atoms with Gasteiger partial charge in [0.2, 0.25) is 0 Å². The Labute approximate surface area is 123 Å². The predicted octanol–water partition coefficient (Wildman–Crippen LogP) is 3.65. The van der Waals surface area contributed by atoms with Crippen LogP contribution in [0.2, 0.25) is 0 Å². The molecule has 0 fully saturated rings. The minimum absolute atomic E-state index is 0.251. The lowest BCUT2D eigenvalue weighted by molar-refractivity contribution is -0.241. The van der Waals surface area contributed by atoms with Gasteiger partial charge in [0.15, 0.2) is 0 Å². The molecule has 3 rings (SSSR count). The van der Waals surface area contributed by atoms with E-state index in [2.05, 4.69) is 53.6 Å². The Kier molecular flexibility index (Phi) is 3.73. The van der Waals surface area contributed by atoms with Crippen LogP contribution in [0, 0.1) is 13.8 Å². The van der Waals surface area contributed by atoms with Crippen LogP contribution in [0.4, 0.5) is 0 Å². The maximum absolute atomic E-state index is 8.66. The number of hydrogen-bond acceptors (Lipinski definition) is 3. The monoisotopic (exact) mass is 282 g/mol. The summed E-state index contributed by atoms with van der Waals surface area (Å²) in [6, 6.07) is 12.4. The highest BCUT2D eigenvalue weighted by molar-refractivity contribution is 5.67. The van der Waals surface area contributed by atoms with E-state index in [1.807, 2.05) is 12.1 Å². The van der Waals surface area contributed by atoms with Crippen LogP contribution in [-0.2, 0) is 11.3 Å². The van der Waals surface area contributed by atoms with E-state index in [0.29, 0.717) is 6.42 Å². The third-order valence-electron chi connectivity index (χ3n) is 3.62. The first-order chi connectivity index (χ1) is 10.2. The van der Waals surface area contributed by atoms with Gasteiger partial charge in [0, 0.05) is 18.2 Å². The average Bonchev–Trinajstić information content (AvgIpc) is 2.83. The number of aryl methyl sites for hydroxylation is 2. The SMILES string of the molecule is Cc1ccc(-c2nc3ccc(C)cn3c2CCOO)cc1. The Bertz CT molecular complexity index is 760. The van der Waals surface area contributed by atoms with E-state index < -0.39 is 0 Å². The highest BCUT2D eigenvalue weighted by atomic mass is 17.1. The Morgan fingerprint density at radius 1 is 1.05 bits per heavy atom. The van der Waals surface area contributed by atoms with E-state index in [1.54, 1.807) is 0 Å². The number of aromatic nitrogens is 2. The summed E-state index contributed by atoms with van der Waals surface area (Å²) in [6.07, 6.45) is 2.66. The molecule has 0 aliphatic carbocycles. The second kappa shape index (κ2) is 5.68. The molecule has 108 valence electrons. The van der Waals surface area contributed by atoms with E-state index in [4.69, 9.17) is 10.2 Å². The van der Waals surface area contributed by atoms with Crippen LogP contribution >= 0.6 is 0 Å². The largest absolute Gasteiger partial charge is 0.303 e. The van der Waals surface area contributed by atoms with Gasteiger partial charge in [0.05, 0.1) is 18.0 Å². The van der Waals surface area contributed by atoms with Crippen LogP contribution in [0.3, 0.4) is 0 Å². The van der Waals surface area contributed by atoms with Crippen molar-refractivity contribution in [3.63, 3.8) is 0 Å². The topological polar surface area (TPSA) is 46.8 Å². The minimum atomic E-state index is 0.251. The molecule has 0 unspecified atom stereocenters. The molecule has 2 heterocycles. The van der Waals surface area contributed by atoms with Gasteiger partial charge in [-0.25, -0.2) is 9.87 Å². The molecule has 2 aromatic heterocycles. The standard InChI is InChI=1S/C17H18N2O2/c1-12-3-6-14(7-4-12)17-15(9-10-21-20)19-11-13(2)5-8-16(19)18-17/h3-8,11,20H,9-10H2,1-2H3. The van der Waals surface area contributed by atoms with Crippen LogP contribution in [-0.4, -0.2) is 21.2 Å². The number of hydrogen-bond donors (Lipinski definition) is 1. The third kappa shape index (κ3) is 2.68. The Hall–Kier alpha value is -2.17. The van der Waals surface area contributed by atoms with Crippen molar-refractivity contribution in [3.05, 3.63) is 59.4 Å². The second-order valence-corrected chi connectivity index (χ2v) is 5.29. The van der Waals surface area contributed by atoms with E-state index in [9.17, 15) is 0 Å². The van der Waals surface area contributed by atoms with Gasteiger partial charge in [0.1, 0.15) is 5.65 Å². The van der Waals surface area contributed by atoms with Crippen molar-refractivity contribution in [1.29, 1.82) is 0 Å². The molecule has 0 spiro atoms. The molecule has 0 aliphatic rings. The van der Waals surface area contributed by atoms with Crippen molar-refractivity contribution in [1.82, 2.24) is 9.38 Å². The summed E-state index contributed by atoms with van der Waals surface area (Å²) in [5.74, 6) is 0. The summed E-state index contributed by atoms with van der Waals surface area (Å²) in [6.45, 7) is 4.37. The molecular formula is C17H18N2O2. The van der Waals surface area contributed by atoms with Crippen LogP contribution in [0.25, 0.3) is 16.9 Å². The fourth-order valence-corrected chi connectivity index (χ4v) is 2.52. The molecule has 1 N–H and O–H groups in total. The summed E-state index contributed by atoms with van der Waals surface area (Å²) in [4.78, 5) is 9.00. The van der Waals surface area contributed by atoms with E-state index in [-0.39, 0.29) is 6.61 Å². The lowest BCUT2D eigenvalue weighted by Gasteiger charge is -2.05. The van der Waals surface area contributed by atoms with E-state index in [1.165, 1.54) is 11.1 Å². The molecule has 1 aromatic carbocycles. The van der Waals surface area contributed by atoms with Gasteiger partial charge in [-0.05, 0) is 25.5 Å². The number of rotatable bonds is 4. The Morgan fingerprint density at radius 3 is 2.48 bits per heavy atom. The minimum Gasteiger partial charge on any atom is -0.303 e. The fourth-order valence-electron chi connectivity index (χ4n) is 2.52. The molecule has 0 bridgehead atoms. The zero-order chi connectivity index (χ0) is 14.8. The average molecular weight is 282 g/mol. The van der Waals surface area contributed by atoms with Crippen molar-refractivity contribution < 1.29 is 10.1 Å². The molecule has 0 radical (unpaired) electrons. The highest BCUT2D eigenvalue weighted by Gasteiger charge is 2.14. The first kappa shape index (κ1) is 13.8. The van der Waals surface area contributed by atoms with Gasteiger partial charge in [-0.2, -0.15) is 0 Å². The maximum atomic E-state index is 8.66. The normalized spacial score (nSPS) is 11.2. The zero-order valence-corrected chi connectivity index (χ0v) is 12.2. The van der Waals surface area contributed by atoms with Crippen LogP contribution in [0.15, 0.2) is 42.6 Å². The zero-order valence-electron chi connectivity index (χ0n) is 12.2. The van der Waals surface area contributed by atoms with Crippen molar-refractivity contribution in [3.8, 4) is 11.3 Å². The molecule has 21 heavy (non-hydrogen) atoms. The van der Waals surface area contributed by atoms with Gasteiger partial charge in [-0.1, -0.05) is 35.9 Å². The first-order valence-electron chi connectivity index (χ1n) is 7.00. The summed E-state index contributed by atoms with van der Waals surface area (Å²) >= 11 is 0. The van der Waals surface area contributed by atoms with Gasteiger partial charge >= 0.3 is 0 Å². The first-order valence-corrected chi connectivity index (χ1v) is 7.00. The third-order valence-corrected chi connectivity index (χ3v) is 3.62. The number of nitrogens with zero attached hydrogens (tertiary/aromatic N) is 2. The van der Waals surface area contributed by atoms with Crippen LogP contribution in [0.1, 0.15) is 16.8 Å². The lowest BCUT2D eigenvalue weighted by Crippen LogP contribution is -2.01. The van der Waals surface area contributed by atoms with Gasteiger partial charge in [-0.3, -0.25) is 5.26 Å². The van der Waals surface area contributed by atoms with Crippen molar-refractivity contribution in [2.24, 2.45) is 0 Å². The van der Waals surface area contributed by atoms with E-state index >= 15 is 0 Å². The summed E-state index contributed by atoms with van der Waals surface area (Å²) < 4.78 is 2.07. The fraction of sp³-hybridized carbons (Fsp3) is 0.235. The summed E-state index contributed by atoms with van der Waals surface area (Å²) in [5.41, 5.74) is 6.36. The second-order valence-electron chi connectivity index (χ2n) is 5.29. The number of benzene rings is 1. The van der Waals surface area contributed by atoms with Crippen LogP contribution in [0.5, 0.6) is 0 Å². The van der Waals surface area contributed by atoms with Gasteiger partial charge in [-0.15, -0.1) is 0 Å². The summed E-state index contributed by atoms with van der Waals surface area (Å²) in [5, 5.41) is 8.66. The molecule has 4 nitrogen and oxygen atoms in total. The molecule has 0 amide bonds. The smallest absolute Gasteiger partial charge is 0.137 e. The number of pyridine rings is 1. The molecular weight excluding hydrogens is 264 g/mol. The highest BCUT2D eigenvalue weighted by Crippen LogP contribution is 2.25. The molecule has 3 aromatic rings. The van der Waals surface area contributed by atoms with Gasteiger partial charge < -0.3 is 4.40 Å². The quantitative estimate of drug-likeness (QED) is 0.587. The predicted molar refractivity (Wildman–Crippen MR) is 82.4 cm³/mol. The maximum Gasteiger partial charge on any atom is 0.137 e. The van der Waals surface area contributed by atoms with Crippen molar-refractivity contribution in [2.45, 2.75) is 20.3 Å². The van der Waals surface area contributed by atoms with Crippen molar-refractivity contribution in [2.75, 3.05) is 6.61 Å². The Morgan fingerprint density at radius 2 is 1.76 bits per heavy atom. The summed E-state index contributed by atoms with van der Waals surface area (Å²) in [7, 11) is 0. The van der Waals surface area contributed by atoms with E-state index in [0.717, 1.165) is 22.6 Å². The molecule has 0 aliphatic heterocycles. The Balaban J connectivity index is 2.18. The molecule has 0 atom stereocenters. The lowest BCUT2D eigenvalue weighted by atomic mass is 10.1. The number of imidazole rings is 1. The molecule has 0 saturated heterocycles. The molecule has 0 saturated carbocycles.